The second-order valence-corrected chi connectivity index (χ2v) is 5.59. The van der Waals surface area contributed by atoms with Crippen molar-refractivity contribution in [3.8, 4) is 5.75 Å². The maximum Gasteiger partial charge on any atom is 0.320 e. The van der Waals surface area contributed by atoms with E-state index < -0.39 is 12.0 Å². The summed E-state index contributed by atoms with van der Waals surface area (Å²) in [6, 6.07) is 5.75. The Kier molecular flexibility index (Phi) is 4.65. The molecule has 0 bridgehead atoms. The SMILES string of the molecule is Cc1cccc(C)c1OC1CCN([C@@H](C)C(=O)O)CC1. The Morgan fingerprint density at radius 3 is 2.35 bits per heavy atom. The number of carboxylic acids is 1. The number of rotatable bonds is 4. The quantitative estimate of drug-likeness (QED) is 0.919. The molecule has 0 unspecified atom stereocenters. The van der Waals surface area contributed by atoms with E-state index in [0.29, 0.717) is 0 Å². The zero-order valence-corrected chi connectivity index (χ0v) is 12.4. The summed E-state index contributed by atoms with van der Waals surface area (Å²) in [5.74, 6) is 0.233. The van der Waals surface area contributed by atoms with Gasteiger partial charge in [0.2, 0.25) is 0 Å². The maximum absolute atomic E-state index is 11.0. The Bertz CT molecular complexity index is 458. The van der Waals surface area contributed by atoms with Crippen LogP contribution in [0, 0.1) is 13.8 Å². The Morgan fingerprint density at radius 1 is 1.30 bits per heavy atom. The van der Waals surface area contributed by atoms with Crippen molar-refractivity contribution in [2.45, 2.75) is 45.8 Å². The monoisotopic (exact) mass is 277 g/mol. The van der Waals surface area contributed by atoms with Gasteiger partial charge in [-0.15, -0.1) is 0 Å². The molecule has 0 radical (unpaired) electrons. The molecule has 0 aliphatic carbocycles. The summed E-state index contributed by atoms with van der Waals surface area (Å²) in [6.45, 7) is 7.43. The number of carbonyl (C=O) groups is 1. The van der Waals surface area contributed by atoms with Crippen LogP contribution in [0.15, 0.2) is 18.2 Å². The number of nitrogens with zero attached hydrogens (tertiary/aromatic N) is 1. The third-order valence-electron chi connectivity index (χ3n) is 4.07. The number of para-hydroxylation sites is 1. The third-order valence-corrected chi connectivity index (χ3v) is 4.07. The Hall–Kier alpha value is -1.55. The molecule has 0 aromatic heterocycles. The first-order chi connectivity index (χ1) is 9.49. The molecule has 4 heteroatoms. The first-order valence-corrected chi connectivity index (χ1v) is 7.18. The maximum atomic E-state index is 11.0. The summed E-state index contributed by atoms with van der Waals surface area (Å²) < 4.78 is 6.13. The number of piperidine rings is 1. The van der Waals surface area contributed by atoms with Crippen LogP contribution in [0.3, 0.4) is 0 Å². The number of likely N-dealkylation sites (tertiary alicyclic amines) is 1. The van der Waals surface area contributed by atoms with E-state index in [1.165, 1.54) is 0 Å². The lowest BCUT2D eigenvalue weighted by molar-refractivity contribution is -0.143. The molecule has 0 amide bonds. The molecule has 20 heavy (non-hydrogen) atoms. The van der Waals surface area contributed by atoms with Crippen molar-refractivity contribution in [1.82, 2.24) is 4.90 Å². The molecule has 110 valence electrons. The van der Waals surface area contributed by atoms with Crippen LogP contribution in [0.1, 0.15) is 30.9 Å². The van der Waals surface area contributed by atoms with Gasteiger partial charge >= 0.3 is 5.97 Å². The van der Waals surface area contributed by atoms with Crippen LogP contribution in [0.4, 0.5) is 0 Å². The van der Waals surface area contributed by atoms with Gasteiger partial charge in [-0.2, -0.15) is 0 Å². The van der Waals surface area contributed by atoms with E-state index >= 15 is 0 Å². The van der Waals surface area contributed by atoms with Crippen LogP contribution >= 0.6 is 0 Å². The fraction of sp³-hybridized carbons (Fsp3) is 0.562. The zero-order chi connectivity index (χ0) is 14.7. The highest BCUT2D eigenvalue weighted by atomic mass is 16.5. The summed E-state index contributed by atoms with van der Waals surface area (Å²) in [5, 5.41) is 9.04. The van der Waals surface area contributed by atoms with E-state index in [1.807, 2.05) is 11.0 Å². The lowest BCUT2D eigenvalue weighted by atomic mass is 10.0. The summed E-state index contributed by atoms with van der Waals surface area (Å²) in [6.07, 6.45) is 1.95. The van der Waals surface area contributed by atoms with Crippen molar-refractivity contribution in [1.29, 1.82) is 0 Å². The summed E-state index contributed by atoms with van der Waals surface area (Å²) in [5.41, 5.74) is 2.32. The highest BCUT2D eigenvalue weighted by Gasteiger charge is 2.27. The number of ether oxygens (including phenoxy) is 1. The summed E-state index contributed by atoms with van der Waals surface area (Å²) in [4.78, 5) is 13.0. The molecule has 0 spiro atoms. The topological polar surface area (TPSA) is 49.8 Å². The second-order valence-electron chi connectivity index (χ2n) is 5.59. The summed E-state index contributed by atoms with van der Waals surface area (Å²) >= 11 is 0. The van der Waals surface area contributed by atoms with E-state index in [-0.39, 0.29) is 6.10 Å². The number of hydrogen-bond acceptors (Lipinski definition) is 3. The smallest absolute Gasteiger partial charge is 0.320 e. The van der Waals surface area contributed by atoms with Gasteiger partial charge < -0.3 is 9.84 Å². The summed E-state index contributed by atoms with van der Waals surface area (Å²) in [7, 11) is 0. The van der Waals surface area contributed by atoms with E-state index in [4.69, 9.17) is 9.84 Å². The fourth-order valence-corrected chi connectivity index (χ4v) is 2.69. The van der Waals surface area contributed by atoms with Crippen molar-refractivity contribution >= 4 is 5.97 Å². The second kappa shape index (κ2) is 6.27. The lowest BCUT2D eigenvalue weighted by Gasteiger charge is -2.34. The number of benzene rings is 1. The van der Waals surface area contributed by atoms with E-state index in [0.717, 1.165) is 42.8 Å². The number of aryl methyl sites for hydroxylation is 2. The molecule has 1 saturated heterocycles. The van der Waals surface area contributed by atoms with Crippen molar-refractivity contribution in [2.24, 2.45) is 0 Å². The minimum absolute atomic E-state index is 0.187. The Balaban J connectivity index is 1.93. The standard InChI is InChI=1S/C16H23NO3/c1-11-5-4-6-12(2)15(11)20-14-7-9-17(10-8-14)13(3)16(18)19/h4-6,13-14H,7-10H2,1-3H3,(H,18,19)/t13-/m0/s1. The van der Waals surface area contributed by atoms with Crippen LogP contribution in [0.5, 0.6) is 5.75 Å². The largest absolute Gasteiger partial charge is 0.490 e. The van der Waals surface area contributed by atoms with Gasteiger partial charge in [0.25, 0.3) is 0 Å². The molecule has 0 saturated carbocycles. The molecule has 2 rings (SSSR count). The van der Waals surface area contributed by atoms with Gasteiger partial charge in [0.1, 0.15) is 17.9 Å². The van der Waals surface area contributed by atoms with Gasteiger partial charge in [-0.3, -0.25) is 9.69 Å². The minimum Gasteiger partial charge on any atom is -0.490 e. The molecule has 4 nitrogen and oxygen atoms in total. The number of hydrogen-bond donors (Lipinski definition) is 1. The van der Waals surface area contributed by atoms with Crippen molar-refractivity contribution in [2.75, 3.05) is 13.1 Å². The first kappa shape index (κ1) is 14.9. The predicted octanol–water partition coefficient (Wildman–Crippen LogP) is 2.62. The molecular formula is C16H23NO3. The minimum atomic E-state index is -0.751. The molecule has 1 N–H and O–H groups in total. The van der Waals surface area contributed by atoms with Gasteiger partial charge in [0, 0.05) is 13.1 Å². The first-order valence-electron chi connectivity index (χ1n) is 7.18. The predicted molar refractivity (Wildman–Crippen MR) is 78.2 cm³/mol. The van der Waals surface area contributed by atoms with Gasteiger partial charge in [0.05, 0.1) is 0 Å². The lowest BCUT2D eigenvalue weighted by Crippen LogP contribution is -2.46. The molecule has 1 aromatic rings. The Labute approximate surface area is 120 Å². The molecule has 1 fully saturated rings. The molecular weight excluding hydrogens is 254 g/mol. The van der Waals surface area contributed by atoms with Crippen LogP contribution in [0.2, 0.25) is 0 Å². The van der Waals surface area contributed by atoms with Gasteiger partial charge in [-0.25, -0.2) is 0 Å². The molecule has 1 aliphatic heterocycles. The number of carboxylic acid groups (broad SMARTS) is 1. The van der Waals surface area contributed by atoms with Crippen LogP contribution in [-0.4, -0.2) is 41.2 Å². The normalized spacial score (nSPS) is 18.8. The average molecular weight is 277 g/mol. The van der Waals surface area contributed by atoms with Crippen LogP contribution in [-0.2, 0) is 4.79 Å². The van der Waals surface area contributed by atoms with Crippen LogP contribution < -0.4 is 4.74 Å². The highest BCUT2D eigenvalue weighted by molar-refractivity contribution is 5.72. The van der Waals surface area contributed by atoms with Crippen molar-refractivity contribution in [3.05, 3.63) is 29.3 Å². The highest BCUT2D eigenvalue weighted by Crippen LogP contribution is 2.26. The fourth-order valence-electron chi connectivity index (χ4n) is 2.69. The van der Waals surface area contributed by atoms with Gasteiger partial charge in [0.15, 0.2) is 0 Å². The molecule has 1 atom stereocenters. The van der Waals surface area contributed by atoms with E-state index in [1.54, 1.807) is 6.92 Å². The van der Waals surface area contributed by atoms with Gasteiger partial charge in [-0.1, -0.05) is 18.2 Å². The third kappa shape index (κ3) is 3.31. The van der Waals surface area contributed by atoms with Gasteiger partial charge in [-0.05, 0) is 44.7 Å². The van der Waals surface area contributed by atoms with E-state index in [9.17, 15) is 4.79 Å². The van der Waals surface area contributed by atoms with E-state index in [2.05, 4.69) is 26.0 Å². The molecule has 1 heterocycles. The number of aliphatic carboxylic acids is 1. The average Bonchev–Trinajstić information content (AvgIpc) is 2.43. The Morgan fingerprint density at radius 2 is 1.85 bits per heavy atom. The zero-order valence-electron chi connectivity index (χ0n) is 12.4. The van der Waals surface area contributed by atoms with Crippen molar-refractivity contribution in [3.63, 3.8) is 0 Å². The van der Waals surface area contributed by atoms with Crippen LogP contribution in [0.25, 0.3) is 0 Å². The van der Waals surface area contributed by atoms with Crippen molar-refractivity contribution < 1.29 is 14.6 Å². The molecule has 1 aliphatic rings. The molecule has 1 aromatic carbocycles.